The SMILES string of the molecule is COC(=O)c1cc(OC(C)C)c2nc(CCl)n(CC3CCO3)c2c1. The van der Waals surface area contributed by atoms with Crippen molar-refractivity contribution in [3.63, 3.8) is 0 Å². The van der Waals surface area contributed by atoms with Crippen LogP contribution in [0.25, 0.3) is 11.0 Å². The Hall–Kier alpha value is -1.79. The van der Waals surface area contributed by atoms with Gasteiger partial charge in [-0.05, 0) is 32.4 Å². The van der Waals surface area contributed by atoms with Crippen LogP contribution in [0.3, 0.4) is 0 Å². The molecule has 0 radical (unpaired) electrons. The monoisotopic (exact) mass is 352 g/mol. The number of methoxy groups -OCH3 is 1. The Kier molecular flexibility index (Phi) is 4.96. The lowest BCUT2D eigenvalue weighted by molar-refractivity contribution is -0.0589. The summed E-state index contributed by atoms with van der Waals surface area (Å²) in [5.74, 6) is 1.15. The molecular weight excluding hydrogens is 332 g/mol. The van der Waals surface area contributed by atoms with Crippen LogP contribution in [-0.4, -0.2) is 41.4 Å². The van der Waals surface area contributed by atoms with Gasteiger partial charge in [0.15, 0.2) is 0 Å². The average molecular weight is 353 g/mol. The summed E-state index contributed by atoms with van der Waals surface area (Å²) in [7, 11) is 1.36. The Labute approximate surface area is 145 Å². The maximum Gasteiger partial charge on any atom is 0.338 e. The van der Waals surface area contributed by atoms with Gasteiger partial charge >= 0.3 is 5.97 Å². The first-order valence-electron chi connectivity index (χ1n) is 7.99. The van der Waals surface area contributed by atoms with Crippen molar-refractivity contribution in [2.75, 3.05) is 13.7 Å². The standard InChI is InChI=1S/C17H21ClN2O4/c1-10(2)24-14-7-11(17(21)22-3)6-13-16(14)19-15(8-18)20(13)9-12-4-5-23-12/h6-7,10,12H,4-5,8-9H2,1-3H3. The Balaban J connectivity index is 2.15. The number of benzene rings is 1. The molecule has 1 saturated heterocycles. The highest BCUT2D eigenvalue weighted by molar-refractivity contribution is 6.17. The topological polar surface area (TPSA) is 62.6 Å². The molecule has 2 heterocycles. The van der Waals surface area contributed by atoms with E-state index in [9.17, 15) is 4.79 Å². The van der Waals surface area contributed by atoms with Gasteiger partial charge in [0.1, 0.15) is 17.1 Å². The highest BCUT2D eigenvalue weighted by Crippen LogP contribution is 2.31. The number of rotatable bonds is 6. The Morgan fingerprint density at radius 1 is 1.50 bits per heavy atom. The van der Waals surface area contributed by atoms with Crippen LogP contribution in [0.1, 0.15) is 36.5 Å². The molecule has 0 amide bonds. The zero-order valence-electron chi connectivity index (χ0n) is 14.0. The zero-order chi connectivity index (χ0) is 17.3. The number of carbonyl (C=O) groups excluding carboxylic acids is 1. The van der Waals surface area contributed by atoms with Gasteiger partial charge in [0, 0.05) is 6.61 Å². The molecular formula is C17H21ClN2O4. The number of carbonyl (C=O) groups is 1. The summed E-state index contributed by atoms with van der Waals surface area (Å²) in [6, 6.07) is 3.44. The second-order valence-corrected chi connectivity index (χ2v) is 6.32. The van der Waals surface area contributed by atoms with E-state index in [0.717, 1.165) is 24.4 Å². The smallest absolute Gasteiger partial charge is 0.338 e. The van der Waals surface area contributed by atoms with E-state index in [4.69, 9.17) is 25.8 Å². The molecule has 1 fully saturated rings. The van der Waals surface area contributed by atoms with E-state index in [-0.39, 0.29) is 18.1 Å². The lowest BCUT2D eigenvalue weighted by atomic mass is 10.1. The molecule has 0 spiro atoms. The van der Waals surface area contributed by atoms with Gasteiger partial charge in [-0.25, -0.2) is 9.78 Å². The number of hydrogen-bond acceptors (Lipinski definition) is 5. The summed E-state index contributed by atoms with van der Waals surface area (Å²) in [4.78, 5) is 16.6. The third-order valence-corrected chi connectivity index (χ3v) is 4.22. The lowest BCUT2D eigenvalue weighted by Gasteiger charge is -2.27. The van der Waals surface area contributed by atoms with Crippen LogP contribution in [0.15, 0.2) is 12.1 Å². The summed E-state index contributed by atoms with van der Waals surface area (Å²) in [6.07, 6.45) is 1.12. The third-order valence-electron chi connectivity index (χ3n) is 3.98. The predicted octanol–water partition coefficient (Wildman–Crippen LogP) is 3.14. The van der Waals surface area contributed by atoms with E-state index < -0.39 is 5.97 Å². The van der Waals surface area contributed by atoms with Gasteiger partial charge in [0.05, 0.1) is 42.8 Å². The van der Waals surface area contributed by atoms with Gasteiger partial charge in [-0.3, -0.25) is 0 Å². The molecule has 24 heavy (non-hydrogen) atoms. The fourth-order valence-corrected chi connectivity index (χ4v) is 2.96. The zero-order valence-corrected chi connectivity index (χ0v) is 14.8. The molecule has 1 aromatic heterocycles. The minimum absolute atomic E-state index is 0.0411. The number of esters is 1. The normalized spacial score (nSPS) is 17.1. The van der Waals surface area contributed by atoms with Crippen LogP contribution in [0.5, 0.6) is 5.75 Å². The molecule has 3 rings (SSSR count). The van der Waals surface area contributed by atoms with Crippen molar-refractivity contribution in [2.45, 2.75) is 44.9 Å². The van der Waals surface area contributed by atoms with Crippen LogP contribution < -0.4 is 4.74 Å². The summed E-state index contributed by atoms with van der Waals surface area (Å²) < 4.78 is 18.3. The van der Waals surface area contributed by atoms with E-state index in [0.29, 0.717) is 23.4 Å². The van der Waals surface area contributed by atoms with E-state index in [1.807, 2.05) is 18.4 Å². The van der Waals surface area contributed by atoms with Crippen molar-refractivity contribution in [3.8, 4) is 5.75 Å². The van der Waals surface area contributed by atoms with E-state index >= 15 is 0 Å². The predicted molar refractivity (Wildman–Crippen MR) is 90.8 cm³/mol. The van der Waals surface area contributed by atoms with Crippen LogP contribution in [0.4, 0.5) is 0 Å². The first kappa shape index (κ1) is 17.0. The first-order valence-corrected chi connectivity index (χ1v) is 8.52. The van der Waals surface area contributed by atoms with Gasteiger partial charge in [-0.15, -0.1) is 11.6 Å². The summed E-state index contributed by atoms with van der Waals surface area (Å²) in [6.45, 7) is 5.30. The summed E-state index contributed by atoms with van der Waals surface area (Å²) >= 11 is 6.08. The number of nitrogens with zero attached hydrogens (tertiary/aromatic N) is 2. The summed E-state index contributed by atoms with van der Waals surface area (Å²) in [5.41, 5.74) is 1.93. The number of ether oxygens (including phenoxy) is 3. The maximum absolute atomic E-state index is 12.0. The highest BCUT2D eigenvalue weighted by Gasteiger charge is 2.24. The molecule has 1 unspecified atom stereocenters. The van der Waals surface area contributed by atoms with Crippen molar-refractivity contribution >= 4 is 28.6 Å². The second kappa shape index (κ2) is 6.99. The maximum atomic E-state index is 12.0. The van der Waals surface area contributed by atoms with Crippen LogP contribution in [0, 0.1) is 0 Å². The molecule has 0 N–H and O–H groups in total. The van der Waals surface area contributed by atoms with Gasteiger partial charge in [0.25, 0.3) is 0 Å². The second-order valence-electron chi connectivity index (χ2n) is 6.05. The number of hydrogen-bond donors (Lipinski definition) is 0. The van der Waals surface area contributed by atoms with E-state index in [2.05, 4.69) is 4.98 Å². The first-order chi connectivity index (χ1) is 11.5. The largest absolute Gasteiger partial charge is 0.489 e. The highest BCUT2D eigenvalue weighted by atomic mass is 35.5. The molecule has 1 aromatic carbocycles. The van der Waals surface area contributed by atoms with Crippen molar-refractivity contribution in [3.05, 3.63) is 23.5 Å². The van der Waals surface area contributed by atoms with Gasteiger partial charge in [-0.2, -0.15) is 0 Å². The minimum Gasteiger partial charge on any atom is -0.489 e. The molecule has 2 aromatic rings. The Morgan fingerprint density at radius 2 is 2.25 bits per heavy atom. The molecule has 1 aliphatic rings. The Morgan fingerprint density at radius 3 is 2.79 bits per heavy atom. The van der Waals surface area contributed by atoms with Crippen LogP contribution in [-0.2, 0) is 21.9 Å². The van der Waals surface area contributed by atoms with Crippen LogP contribution >= 0.6 is 11.6 Å². The molecule has 0 aliphatic carbocycles. The average Bonchev–Trinajstić information content (AvgIpc) is 2.87. The fourth-order valence-electron chi connectivity index (χ4n) is 2.76. The molecule has 130 valence electrons. The molecule has 1 aliphatic heterocycles. The van der Waals surface area contributed by atoms with Gasteiger partial charge in [0.2, 0.25) is 0 Å². The number of aromatic nitrogens is 2. The van der Waals surface area contributed by atoms with Crippen molar-refractivity contribution < 1.29 is 19.0 Å². The van der Waals surface area contributed by atoms with Crippen molar-refractivity contribution in [1.82, 2.24) is 9.55 Å². The van der Waals surface area contributed by atoms with Crippen LogP contribution in [0.2, 0.25) is 0 Å². The van der Waals surface area contributed by atoms with E-state index in [1.54, 1.807) is 12.1 Å². The number of alkyl halides is 1. The van der Waals surface area contributed by atoms with Crippen molar-refractivity contribution in [2.24, 2.45) is 0 Å². The van der Waals surface area contributed by atoms with Gasteiger partial charge in [-0.1, -0.05) is 0 Å². The molecule has 0 saturated carbocycles. The molecule has 7 heteroatoms. The minimum atomic E-state index is -0.412. The molecule has 0 bridgehead atoms. The Bertz CT molecular complexity index is 753. The molecule has 6 nitrogen and oxygen atoms in total. The van der Waals surface area contributed by atoms with Crippen molar-refractivity contribution in [1.29, 1.82) is 0 Å². The number of halogens is 1. The third kappa shape index (κ3) is 3.21. The van der Waals surface area contributed by atoms with E-state index in [1.165, 1.54) is 7.11 Å². The lowest BCUT2D eigenvalue weighted by Crippen LogP contribution is -2.31. The quantitative estimate of drug-likeness (QED) is 0.590. The fraction of sp³-hybridized carbons (Fsp3) is 0.529. The number of imidazole rings is 1. The summed E-state index contributed by atoms with van der Waals surface area (Å²) in [5, 5.41) is 0. The number of fused-ring (bicyclic) bond motifs is 1. The molecule has 1 atom stereocenters. The van der Waals surface area contributed by atoms with Gasteiger partial charge < -0.3 is 18.8 Å².